The van der Waals surface area contributed by atoms with Gasteiger partial charge in [-0.25, -0.2) is 0 Å². The molecule has 0 aliphatic rings. The van der Waals surface area contributed by atoms with Crippen LogP contribution in [0.25, 0.3) is 0 Å². The normalized spacial score (nSPS) is 10.4. The zero-order valence-corrected chi connectivity index (χ0v) is 16.2. The van der Waals surface area contributed by atoms with Crippen molar-refractivity contribution in [3.05, 3.63) is 95.6 Å². The second-order valence-electron chi connectivity index (χ2n) is 6.22. The Balaban J connectivity index is 1.41. The first kappa shape index (κ1) is 19.1. The SMILES string of the molecule is Cc1ccc(OCCNC(=O)c2ccc(CSc3ccccc3)cc2)cc1. The van der Waals surface area contributed by atoms with Crippen LogP contribution in [0.1, 0.15) is 21.5 Å². The highest BCUT2D eigenvalue weighted by molar-refractivity contribution is 7.98. The van der Waals surface area contributed by atoms with Gasteiger partial charge in [0.05, 0.1) is 6.54 Å². The molecule has 4 heteroatoms. The zero-order valence-electron chi connectivity index (χ0n) is 15.4. The fourth-order valence-corrected chi connectivity index (χ4v) is 3.38. The molecule has 0 spiro atoms. The van der Waals surface area contributed by atoms with Gasteiger partial charge in [0.25, 0.3) is 5.91 Å². The largest absolute Gasteiger partial charge is 0.492 e. The van der Waals surface area contributed by atoms with Gasteiger partial charge in [-0.1, -0.05) is 48.0 Å². The maximum absolute atomic E-state index is 12.2. The lowest BCUT2D eigenvalue weighted by Gasteiger charge is -2.08. The number of nitrogens with one attached hydrogen (secondary N) is 1. The Morgan fingerprint density at radius 2 is 1.63 bits per heavy atom. The molecule has 3 rings (SSSR count). The molecule has 0 unspecified atom stereocenters. The zero-order chi connectivity index (χ0) is 18.9. The maximum atomic E-state index is 12.2. The molecule has 3 aromatic carbocycles. The van der Waals surface area contributed by atoms with Crippen molar-refractivity contribution in [1.29, 1.82) is 0 Å². The van der Waals surface area contributed by atoms with Crippen molar-refractivity contribution in [3.63, 3.8) is 0 Å². The summed E-state index contributed by atoms with van der Waals surface area (Å²) in [6.07, 6.45) is 0. The predicted molar refractivity (Wildman–Crippen MR) is 111 cm³/mol. The summed E-state index contributed by atoms with van der Waals surface area (Å²) >= 11 is 1.79. The summed E-state index contributed by atoms with van der Waals surface area (Å²) in [6, 6.07) is 25.9. The number of carbonyl (C=O) groups is 1. The minimum absolute atomic E-state index is 0.0789. The summed E-state index contributed by atoms with van der Waals surface area (Å²) in [5.41, 5.74) is 3.06. The molecule has 0 radical (unpaired) electrons. The van der Waals surface area contributed by atoms with E-state index >= 15 is 0 Å². The summed E-state index contributed by atoms with van der Waals surface area (Å²) in [5.74, 6) is 1.62. The third kappa shape index (κ3) is 6.19. The lowest BCUT2D eigenvalue weighted by Crippen LogP contribution is -2.28. The topological polar surface area (TPSA) is 38.3 Å². The summed E-state index contributed by atoms with van der Waals surface area (Å²) in [4.78, 5) is 13.5. The van der Waals surface area contributed by atoms with E-state index < -0.39 is 0 Å². The Hall–Kier alpha value is -2.72. The molecule has 0 atom stereocenters. The first-order chi connectivity index (χ1) is 13.2. The van der Waals surface area contributed by atoms with Gasteiger partial charge in [-0.2, -0.15) is 0 Å². The number of rotatable bonds is 8. The van der Waals surface area contributed by atoms with E-state index in [1.807, 2.05) is 73.7 Å². The number of ether oxygens (including phenoxy) is 1. The highest BCUT2D eigenvalue weighted by atomic mass is 32.2. The van der Waals surface area contributed by atoms with E-state index in [-0.39, 0.29) is 5.91 Å². The number of hydrogen-bond acceptors (Lipinski definition) is 3. The van der Waals surface area contributed by atoms with E-state index in [1.54, 1.807) is 11.8 Å². The molecule has 0 saturated heterocycles. The van der Waals surface area contributed by atoms with Crippen molar-refractivity contribution in [2.75, 3.05) is 13.2 Å². The standard InChI is InChI=1S/C23H23NO2S/c1-18-7-13-21(14-8-18)26-16-15-24-23(25)20-11-9-19(10-12-20)17-27-22-5-3-2-4-6-22/h2-14H,15-17H2,1H3,(H,24,25). The van der Waals surface area contributed by atoms with Crippen LogP contribution in [-0.4, -0.2) is 19.1 Å². The number of thioether (sulfide) groups is 1. The van der Waals surface area contributed by atoms with Crippen LogP contribution < -0.4 is 10.1 Å². The van der Waals surface area contributed by atoms with Gasteiger partial charge in [0.2, 0.25) is 0 Å². The second-order valence-corrected chi connectivity index (χ2v) is 7.26. The van der Waals surface area contributed by atoms with Crippen LogP contribution in [0.3, 0.4) is 0 Å². The Labute approximate surface area is 164 Å². The van der Waals surface area contributed by atoms with Gasteiger partial charge < -0.3 is 10.1 Å². The molecule has 3 nitrogen and oxygen atoms in total. The van der Waals surface area contributed by atoms with Crippen LogP contribution in [0.4, 0.5) is 0 Å². The molecule has 0 aliphatic carbocycles. The third-order valence-corrected chi connectivity index (χ3v) is 5.13. The van der Waals surface area contributed by atoms with E-state index in [9.17, 15) is 4.79 Å². The number of carbonyl (C=O) groups excluding carboxylic acids is 1. The van der Waals surface area contributed by atoms with E-state index in [2.05, 4.69) is 17.4 Å². The summed E-state index contributed by atoms with van der Waals surface area (Å²) in [5, 5.41) is 2.89. The predicted octanol–water partition coefficient (Wildman–Crippen LogP) is 5.10. The van der Waals surface area contributed by atoms with Crippen LogP contribution >= 0.6 is 11.8 Å². The second kappa shape index (κ2) is 9.83. The van der Waals surface area contributed by atoms with E-state index in [0.717, 1.165) is 11.5 Å². The van der Waals surface area contributed by atoms with Gasteiger partial charge in [0.15, 0.2) is 0 Å². The van der Waals surface area contributed by atoms with Crippen LogP contribution in [0.5, 0.6) is 5.75 Å². The van der Waals surface area contributed by atoms with Crippen molar-refractivity contribution in [1.82, 2.24) is 5.32 Å². The van der Waals surface area contributed by atoms with Crippen molar-refractivity contribution in [3.8, 4) is 5.75 Å². The number of amides is 1. The van der Waals surface area contributed by atoms with Gasteiger partial charge in [-0.05, 0) is 48.9 Å². The quantitative estimate of drug-likeness (QED) is 0.439. The monoisotopic (exact) mass is 377 g/mol. The molecule has 0 aliphatic heterocycles. The Kier molecular flexibility index (Phi) is 6.94. The highest BCUT2D eigenvalue weighted by Crippen LogP contribution is 2.22. The van der Waals surface area contributed by atoms with Crippen molar-refractivity contribution < 1.29 is 9.53 Å². The first-order valence-electron chi connectivity index (χ1n) is 8.95. The molecule has 1 amide bonds. The number of aryl methyl sites for hydroxylation is 1. The number of hydrogen-bond donors (Lipinski definition) is 1. The van der Waals surface area contributed by atoms with E-state index in [1.165, 1.54) is 16.0 Å². The first-order valence-corrected chi connectivity index (χ1v) is 9.94. The van der Waals surface area contributed by atoms with Crippen LogP contribution in [0, 0.1) is 6.92 Å². The minimum atomic E-state index is -0.0789. The van der Waals surface area contributed by atoms with Gasteiger partial charge in [0, 0.05) is 16.2 Å². The van der Waals surface area contributed by atoms with Crippen LogP contribution in [0.15, 0.2) is 83.8 Å². The fraction of sp³-hybridized carbons (Fsp3) is 0.174. The molecule has 0 bridgehead atoms. The lowest BCUT2D eigenvalue weighted by atomic mass is 10.1. The number of benzene rings is 3. The Bertz CT molecular complexity index is 846. The lowest BCUT2D eigenvalue weighted by molar-refractivity contribution is 0.0947. The van der Waals surface area contributed by atoms with E-state index in [0.29, 0.717) is 18.7 Å². The van der Waals surface area contributed by atoms with Gasteiger partial charge in [-0.15, -0.1) is 11.8 Å². The summed E-state index contributed by atoms with van der Waals surface area (Å²) in [7, 11) is 0. The molecule has 0 saturated carbocycles. The Morgan fingerprint density at radius 3 is 2.33 bits per heavy atom. The molecule has 0 fully saturated rings. The fourth-order valence-electron chi connectivity index (χ4n) is 2.51. The highest BCUT2D eigenvalue weighted by Gasteiger charge is 2.05. The van der Waals surface area contributed by atoms with Crippen molar-refractivity contribution in [2.45, 2.75) is 17.6 Å². The minimum Gasteiger partial charge on any atom is -0.492 e. The average Bonchev–Trinajstić information content (AvgIpc) is 2.72. The smallest absolute Gasteiger partial charge is 0.251 e. The molecule has 138 valence electrons. The molecule has 0 aromatic heterocycles. The molecular formula is C23H23NO2S. The molecule has 0 heterocycles. The van der Waals surface area contributed by atoms with E-state index in [4.69, 9.17) is 4.74 Å². The molecule has 3 aromatic rings. The van der Waals surface area contributed by atoms with Gasteiger partial charge in [0.1, 0.15) is 12.4 Å². The Morgan fingerprint density at radius 1 is 0.926 bits per heavy atom. The summed E-state index contributed by atoms with van der Waals surface area (Å²) < 4.78 is 5.62. The van der Waals surface area contributed by atoms with Gasteiger partial charge >= 0.3 is 0 Å². The molecule has 27 heavy (non-hydrogen) atoms. The average molecular weight is 378 g/mol. The van der Waals surface area contributed by atoms with Gasteiger partial charge in [-0.3, -0.25) is 4.79 Å². The van der Waals surface area contributed by atoms with Crippen molar-refractivity contribution >= 4 is 17.7 Å². The third-order valence-electron chi connectivity index (χ3n) is 4.04. The maximum Gasteiger partial charge on any atom is 0.251 e. The molecule has 1 N–H and O–H groups in total. The molecular weight excluding hydrogens is 354 g/mol. The van der Waals surface area contributed by atoms with Crippen LogP contribution in [-0.2, 0) is 5.75 Å². The van der Waals surface area contributed by atoms with Crippen molar-refractivity contribution in [2.24, 2.45) is 0 Å². The van der Waals surface area contributed by atoms with Crippen LogP contribution in [0.2, 0.25) is 0 Å². The summed E-state index contributed by atoms with van der Waals surface area (Å²) in [6.45, 7) is 2.95.